The number of para-hydroxylation sites is 1. The van der Waals surface area contributed by atoms with Gasteiger partial charge in [0.05, 0.1) is 6.54 Å². The van der Waals surface area contributed by atoms with E-state index in [9.17, 15) is 9.59 Å². The average molecular weight is 641 g/mol. The van der Waals surface area contributed by atoms with Gasteiger partial charge >= 0.3 is 6.09 Å². The molecule has 1 aliphatic rings. The summed E-state index contributed by atoms with van der Waals surface area (Å²) in [5, 5.41) is 4.98. The fourth-order valence-electron chi connectivity index (χ4n) is 6.24. The van der Waals surface area contributed by atoms with Crippen LogP contribution in [0.25, 0.3) is 0 Å². The highest BCUT2D eigenvalue weighted by atomic mass is 35.5. The van der Waals surface area contributed by atoms with E-state index in [1.54, 1.807) is 0 Å². The van der Waals surface area contributed by atoms with Gasteiger partial charge in [0, 0.05) is 36.8 Å². The molecule has 0 aromatic heterocycles. The Hall–Kier alpha value is -4.17. The molecule has 0 spiro atoms. The number of anilines is 1. The number of carbonyl (C=O) groups excluding carboxylic acids is 2. The molecule has 7 nitrogen and oxygen atoms in total. The predicted molar refractivity (Wildman–Crippen MR) is 187 cm³/mol. The van der Waals surface area contributed by atoms with Crippen LogP contribution in [-0.2, 0) is 21.6 Å². The summed E-state index contributed by atoms with van der Waals surface area (Å²) in [6.07, 6.45) is 4.22. The van der Waals surface area contributed by atoms with Crippen LogP contribution in [0.5, 0.6) is 0 Å². The summed E-state index contributed by atoms with van der Waals surface area (Å²) in [4.78, 5) is 27.3. The molecule has 1 heterocycles. The van der Waals surface area contributed by atoms with E-state index < -0.39 is 11.5 Å². The van der Waals surface area contributed by atoms with E-state index in [2.05, 4.69) is 88.4 Å². The number of carbonyl (C=O) groups is 2. The van der Waals surface area contributed by atoms with Crippen LogP contribution in [0.4, 0.5) is 10.5 Å². The number of hydrogen-bond acceptors (Lipinski definition) is 6. The average Bonchev–Trinajstić information content (AvgIpc) is 3.10. The zero-order valence-electron chi connectivity index (χ0n) is 26.3. The lowest BCUT2D eigenvalue weighted by Gasteiger charge is -2.38. The number of piperidine rings is 1. The molecule has 2 N–H and O–H groups in total. The Kier molecular flexibility index (Phi) is 13.6. The van der Waals surface area contributed by atoms with E-state index in [-0.39, 0.29) is 25.6 Å². The molecular formula is C38H45ClN4O3. The van der Waals surface area contributed by atoms with Crippen LogP contribution in [0.3, 0.4) is 0 Å². The maximum absolute atomic E-state index is 13.1. The van der Waals surface area contributed by atoms with Crippen molar-refractivity contribution in [2.75, 3.05) is 38.0 Å². The third kappa shape index (κ3) is 9.66. The molecule has 46 heavy (non-hydrogen) atoms. The Morgan fingerprint density at radius 1 is 0.826 bits per heavy atom. The first-order valence-electron chi connectivity index (χ1n) is 16.0. The van der Waals surface area contributed by atoms with Gasteiger partial charge in [0.2, 0.25) is 0 Å². The van der Waals surface area contributed by atoms with Crippen LogP contribution in [0.1, 0.15) is 42.4 Å². The molecule has 5 rings (SSSR count). The zero-order valence-corrected chi connectivity index (χ0v) is 27.1. The number of hydrazine groups is 1. The standard InChI is InChI=1S/C38H44N4O3.ClH/c43-29-28-42(37(44)45-30-32-14-5-1-6-15-32)39-31-38(33-16-7-2-8-17-33,34-18-9-3-10-19-34)24-13-25-41-26-22-36(23-27-41)40-35-20-11-4-12-21-35;/h1-12,14-21,29,36,39-40H,13,22-28,30-31H2;1H. The number of benzene rings is 4. The molecule has 1 fully saturated rings. The Bertz CT molecular complexity index is 1400. The summed E-state index contributed by atoms with van der Waals surface area (Å²) >= 11 is 0. The minimum absolute atomic E-state index is 0. The van der Waals surface area contributed by atoms with Crippen molar-refractivity contribution in [1.29, 1.82) is 0 Å². The monoisotopic (exact) mass is 640 g/mol. The number of rotatable bonds is 15. The summed E-state index contributed by atoms with van der Waals surface area (Å²) in [7, 11) is 0. The summed E-state index contributed by atoms with van der Waals surface area (Å²) in [5.41, 5.74) is 7.29. The maximum Gasteiger partial charge on any atom is 0.424 e. The summed E-state index contributed by atoms with van der Waals surface area (Å²) in [6, 6.07) is 41.4. The second kappa shape index (κ2) is 18.1. The van der Waals surface area contributed by atoms with Crippen molar-refractivity contribution in [3.8, 4) is 0 Å². The molecule has 1 amide bonds. The highest BCUT2D eigenvalue weighted by molar-refractivity contribution is 5.85. The number of likely N-dealkylation sites (tertiary alicyclic amines) is 1. The Morgan fingerprint density at radius 3 is 1.93 bits per heavy atom. The summed E-state index contributed by atoms with van der Waals surface area (Å²) in [6.45, 7) is 3.57. The first kappa shape index (κ1) is 34.7. The van der Waals surface area contributed by atoms with Crippen LogP contribution in [-0.4, -0.2) is 61.1 Å². The minimum atomic E-state index is -0.576. The van der Waals surface area contributed by atoms with Gasteiger partial charge in [0.25, 0.3) is 0 Å². The van der Waals surface area contributed by atoms with Crippen LogP contribution in [0.15, 0.2) is 121 Å². The van der Waals surface area contributed by atoms with Crippen LogP contribution < -0.4 is 10.7 Å². The van der Waals surface area contributed by atoms with Crippen molar-refractivity contribution >= 4 is 30.5 Å². The third-order valence-electron chi connectivity index (χ3n) is 8.72. The van der Waals surface area contributed by atoms with Crippen LogP contribution in [0, 0.1) is 0 Å². The van der Waals surface area contributed by atoms with E-state index in [0.717, 1.165) is 68.3 Å². The van der Waals surface area contributed by atoms with Gasteiger partial charge in [-0.1, -0.05) is 109 Å². The number of ether oxygens (including phenoxy) is 1. The van der Waals surface area contributed by atoms with Crippen molar-refractivity contribution in [2.45, 2.75) is 43.7 Å². The van der Waals surface area contributed by atoms with Gasteiger partial charge in [-0.2, -0.15) is 0 Å². The molecule has 0 atom stereocenters. The largest absolute Gasteiger partial charge is 0.444 e. The fraction of sp³-hybridized carbons (Fsp3) is 0.316. The number of aldehydes is 1. The second-order valence-electron chi connectivity index (χ2n) is 11.7. The summed E-state index contributed by atoms with van der Waals surface area (Å²) in [5.74, 6) is 0. The Morgan fingerprint density at radius 2 is 1.37 bits per heavy atom. The van der Waals surface area contributed by atoms with Gasteiger partial charge in [0.15, 0.2) is 0 Å². The van der Waals surface area contributed by atoms with Gasteiger partial charge in [-0.25, -0.2) is 15.2 Å². The van der Waals surface area contributed by atoms with Crippen molar-refractivity contribution in [3.05, 3.63) is 138 Å². The summed E-state index contributed by atoms with van der Waals surface area (Å²) < 4.78 is 5.58. The first-order chi connectivity index (χ1) is 22.2. The van der Waals surface area contributed by atoms with Crippen molar-refractivity contribution in [1.82, 2.24) is 15.3 Å². The zero-order chi connectivity index (χ0) is 31.2. The lowest BCUT2D eigenvalue weighted by molar-refractivity contribution is -0.109. The fourth-order valence-corrected chi connectivity index (χ4v) is 6.24. The van der Waals surface area contributed by atoms with Crippen LogP contribution >= 0.6 is 12.4 Å². The second-order valence-corrected chi connectivity index (χ2v) is 11.7. The first-order valence-corrected chi connectivity index (χ1v) is 16.0. The number of nitrogens with one attached hydrogen (secondary N) is 2. The Labute approximate surface area is 279 Å². The molecule has 0 unspecified atom stereocenters. The van der Waals surface area contributed by atoms with E-state index in [4.69, 9.17) is 4.74 Å². The predicted octanol–water partition coefficient (Wildman–Crippen LogP) is 7.09. The van der Waals surface area contributed by atoms with Crippen molar-refractivity contribution in [2.24, 2.45) is 0 Å². The van der Waals surface area contributed by atoms with E-state index in [1.807, 2.05) is 48.5 Å². The molecule has 1 saturated heterocycles. The normalized spacial score (nSPS) is 13.7. The highest BCUT2D eigenvalue weighted by Gasteiger charge is 2.35. The quantitative estimate of drug-likeness (QED) is 0.107. The molecule has 0 aliphatic carbocycles. The van der Waals surface area contributed by atoms with Gasteiger partial charge in [-0.05, 0) is 61.1 Å². The van der Waals surface area contributed by atoms with Gasteiger partial charge in [0.1, 0.15) is 12.9 Å². The number of nitrogens with zero attached hydrogens (tertiary/aromatic N) is 2. The molecule has 242 valence electrons. The van der Waals surface area contributed by atoms with Gasteiger partial charge in [-0.3, -0.25) is 0 Å². The number of hydrogen-bond donors (Lipinski definition) is 2. The number of halogens is 1. The van der Waals surface area contributed by atoms with Crippen molar-refractivity contribution in [3.63, 3.8) is 0 Å². The lowest BCUT2D eigenvalue weighted by Crippen LogP contribution is -2.51. The molecule has 4 aromatic carbocycles. The SMILES string of the molecule is Cl.O=CCN(NCC(CCCN1CCC(Nc2ccccc2)CC1)(c1ccccc1)c1ccccc1)C(=O)OCc1ccccc1. The van der Waals surface area contributed by atoms with Gasteiger partial charge < -0.3 is 19.7 Å². The smallest absolute Gasteiger partial charge is 0.424 e. The van der Waals surface area contributed by atoms with E-state index >= 15 is 0 Å². The van der Waals surface area contributed by atoms with Crippen LogP contribution in [0.2, 0.25) is 0 Å². The lowest BCUT2D eigenvalue weighted by atomic mass is 9.71. The molecule has 1 aliphatic heterocycles. The molecule has 0 bridgehead atoms. The van der Waals surface area contributed by atoms with E-state index in [1.165, 1.54) is 10.7 Å². The third-order valence-corrected chi connectivity index (χ3v) is 8.72. The topological polar surface area (TPSA) is 73.9 Å². The minimum Gasteiger partial charge on any atom is -0.444 e. The number of amides is 1. The highest BCUT2D eigenvalue weighted by Crippen LogP contribution is 2.37. The molecule has 8 heteroatoms. The van der Waals surface area contributed by atoms with Crippen molar-refractivity contribution < 1.29 is 14.3 Å². The molecule has 0 saturated carbocycles. The Balaban J connectivity index is 0.00000480. The molecular weight excluding hydrogens is 596 g/mol. The van der Waals surface area contributed by atoms with E-state index in [0.29, 0.717) is 12.6 Å². The van der Waals surface area contributed by atoms with Gasteiger partial charge in [-0.15, -0.1) is 12.4 Å². The maximum atomic E-state index is 13.1. The molecule has 4 aromatic rings. The molecule has 0 radical (unpaired) electrons.